The van der Waals surface area contributed by atoms with Crippen molar-refractivity contribution in [1.82, 2.24) is 5.32 Å². The number of carboxylic acid groups (broad SMARTS) is 1. The lowest BCUT2D eigenvalue weighted by atomic mass is 10.1. The standard InChI is InChI=1S/C13H18N2O3/c1-4-10(13(17)18)15-11-7-9(12(16)14-3)6-5-8(11)2/h5-7,10,15H,4H2,1-3H3,(H,14,16)(H,17,18). The summed E-state index contributed by atoms with van der Waals surface area (Å²) in [5.74, 6) is -1.09. The molecule has 0 bridgehead atoms. The zero-order valence-electron chi connectivity index (χ0n) is 10.8. The van der Waals surface area contributed by atoms with Crippen molar-refractivity contribution < 1.29 is 14.7 Å². The molecule has 0 aromatic heterocycles. The summed E-state index contributed by atoms with van der Waals surface area (Å²) in [5.41, 5.74) is 2.08. The highest BCUT2D eigenvalue weighted by molar-refractivity contribution is 5.95. The van der Waals surface area contributed by atoms with E-state index in [1.54, 1.807) is 32.2 Å². The van der Waals surface area contributed by atoms with Crippen molar-refractivity contribution in [3.8, 4) is 0 Å². The molecule has 0 saturated carbocycles. The lowest BCUT2D eigenvalue weighted by molar-refractivity contribution is -0.137. The Labute approximate surface area is 106 Å². The van der Waals surface area contributed by atoms with Gasteiger partial charge in [0, 0.05) is 18.3 Å². The molecule has 0 fully saturated rings. The Balaban J connectivity index is 3.00. The molecule has 18 heavy (non-hydrogen) atoms. The first-order valence-electron chi connectivity index (χ1n) is 5.81. The molecule has 0 radical (unpaired) electrons. The second-order valence-corrected chi connectivity index (χ2v) is 4.05. The predicted octanol–water partition coefficient (Wildman–Crippen LogP) is 1.63. The number of anilines is 1. The fourth-order valence-corrected chi connectivity index (χ4v) is 1.59. The number of hydrogen-bond donors (Lipinski definition) is 3. The molecule has 0 aliphatic carbocycles. The first-order chi connectivity index (χ1) is 8.49. The van der Waals surface area contributed by atoms with Crippen molar-refractivity contribution in [1.29, 1.82) is 0 Å². The van der Waals surface area contributed by atoms with E-state index in [-0.39, 0.29) is 5.91 Å². The van der Waals surface area contributed by atoms with Gasteiger partial charge < -0.3 is 15.7 Å². The van der Waals surface area contributed by atoms with Gasteiger partial charge in [-0.25, -0.2) is 4.79 Å². The predicted molar refractivity (Wildman–Crippen MR) is 69.9 cm³/mol. The molecule has 0 aliphatic rings. The molecule has 0 spiro atoms. The fraction of sp³-hybridized carbons (Fsp3) is 0.385. The fourth-order valence-electron chi connectivity index (χ4n) is 1.59. The summed E-state index contributed by atoms with van der Waals surface area (Å²) in [6.45, 7) is 3.66. The van der Waals surface area contributed by atoms with Gasteiger partial charge in [0.1, 0.15) is 6.04 Å². The number of carbonyl (C=O) groups is 2. The Morgan fingerprint density at radius 3 is 2.56 bits per heavy atom. The van der Waals surface area contributed by atoms with Crippen LogP contribution in [0.5, 0.6) is 0 Å². The number of carbonyl (C=O) groups excluding carboxylic acids is 1. The van der Waals surface area contributed by atoms with Crippen LogP contribution in [0.4, 0.5) is 5.69 Å². The first-order valence-corrected chi connectivity index (χ1v) is 5.81. The molecular weight excluding hydrogens is 232 g/mol. The minimum absolute atomic E-state index is 0.193. The van der Waals surface area contributed by atoms with Gasteiger partial charge in [0.05, 0.1) is 0 Å². The van der Waals surface area contributed by atoms with Crippen molar-refractivity contribution in [2.24, 2.45) is 0 Å². The monoisotopic (exact) mass is 250 g/mol. The molecule has 0 aliphatic heterocycles. The van der Waals surface area contributed by atoms with Crippen LogP contribution in [0.2, 0.25) is 0 Å². The van der Waals surface area contributed by atoms with Crippen molar-refractivity contribution in [2.75, 3.05) is 12.4 Å². The van der Waals surface area contributed by atoms with E-state index in [1.165, 1.54) is 0 Å². The number of aryl methyl sites for hydroxylation is 1. The van der Waals surface area contributed by atoms with Crippen molar-refractivity contribution >= 4 is 17.6 Å². The maximum Gasteiger partial charge on any atom is 0.326 e. The number of aliphatic carboxylic acids is 1. The normalized spacial score (nSPS) is 11.7. The van der Waals surface area contributed by atoms with Gasteiger partial charge in [-0.3, -0.25) is 4.79 Å². The Morgan fingerprint density at radius 2 is 2.06 bits per heavy atom. The third-order valence-corrected chi connectivity index (χ3v) is 2.76. The van der Waals surface area contributed by atoms with Gasteiger partial charge in [0.2, 0.25) is 0 Å². The largest absolute Gasteiger partial charge is 0.480 e. The highest BCUT2D eigenvalue weighted by atomic mass is 16.4. The summed E-state index contributed by atoms with van der Waals surface area (Å²) in [6.07, 6.45) is 0.471. The molecule has 1 amide bonds. The Kier molecular flexibility index (Phi) is 4.71. The molecule has 3 N–H and O–H groups in total. The van der Waals surface area contributed by atoms with Crippen LogP contribution >= 0.6 is 0 Å². The summed E-state index contributed by atoms with van der Waals surface area (Å²) in [7, 11) is 1.56. The number of benzene rings is 1. The van der Waals surface area contributed by atoms with E-state index >= 15 is 0 Å². The van der Waals surface area contributed by atoms with Gasteiger partial charge in [0.15, 0.2) is 0 Å². The molecule has 1 rings (SSSR count). The maximum atomic E-state index is 11.5. The third kappa shape index (κ3) is 3.23. The zero-order valence-corrected chi connectivity index (χ0v) is 10.8. The minimum atomic E-state index is -0.901. The Bertz CT molecular complexity index is 458. The second-order valence-electron chi connectivity index (χ2n) is 4.05. The average Bonchev–Trinajstić information content (AvgIpc) is 2.36. The van der Waals surface area contributed by atoms with Crippen LogP contribution in [0.25, 0.3) is 0 Å². The third-order valence-electron chi connectivity index (χ3n) is 2.76. The molecule has 1 aromatic rings. The van der Waals surface area contributed by atoms with Gasteiger partial charge in [-0.05, 0) is 31.0 Å². The molecule has 5 nitrogen and oxygen atoms in total. The number of carboxylic acids is 1. The van der Waals surface area contributed by atoms with E-state index in [1.807, 2.05) is 6.92 Å². The molecule has 0 saturated heterocycles. The quantitative estimate of drug-likeness (QED) is 0.742. The maximum absolute atomic E-state index is 11.5. The molecule has 5 heteroatoms. The minimum Gasteiger partial charge on any atom is -0.480 e. The van der Waals surface area contributed by atoms with E-state index in [4.69, 9.17) is 5.11 Å². The highest BCUT2D eigenvalue weighted by Crippen LogP contribution is 2.18. The van der Waals surface area contributed by atoms with Gasteiger partial charge >= 0.3 is 5.97 Å². The van der Waals surface area contributed by atoms with Crippen LogP contribution in [-0.2, 0) is 4.79 Å². The lowest BCUT2D eigenvalue weighted by Gasteiger charge is -2.16. The smallest absolute Gasteiger partial charge is 0.326 e. The van der Waals surface area contributed by atoms with Crippen LogP contribution < -0.4 is 10.6 Å². The van der Waals surface area contributed by atoms with Crippen LogP contribution in [0.3, 0.4) is 0 Å². The van der Waals surface area contributed by atoms with Crippen LogP contribution in [0.15, 0.2) is 18.2 Å². The van der Waals surface area contributed by atoms with Crippen molar-refractivity contribution in [3.63, 3.8) is 0 Å². The zero-order chi connectivity index (χ0) is 13.7. The molecule has 1 unspecified atom stereocenters. The molecular formula is C13H18N2O3. The summed E-state index contributed by atoms with van der Waals surface area (Å²) >= 11 is 0. The Hall–Kier alpha value is -2.04. The number of rotatable bonds is 5. The van der Waals surface area contributed by atoms with Crippen molar-refractivity contribution in [3.05, 3.63) is 29.3 Å². The van der Waals surface area contributed by atoms with E-state index < -0.39 is 12.0 Å². The summed E-state index contributed by atoms with van der Waals surface area (Å²) in [4.78, 5) is 22.5. The van der Waals surface area contributed by atoms with Crippen LogP contribution in [0, 0.1) is 6.92 Å². The molecule has 98 valence electrons. The molecule has 1 aromatic carbocycles. The van der Waals surface area contributed by atoms with Crippen LogP contribution in [-0.4, -0.2) is 30.1 Å². The number of hydrogen-bond acceptors (Lipinski definition) is 3. The lowest BCUT2D eigenvalue weighted by Crippen LogP contribution is -2.28. The number of amides is 1. The second kappa shape index (κ2) is 6.05. The van der Waals surface area contributed by atoms with Gasteiger partial charge in [0.25, 0.3) is 5.91 Å². The van der Waals surface area contributed by atoms with Crippen LogP contribution in [0.1, 0.15) is 29.3 Å². The van der Waals surface area contributed by atoms with E-state index in [0.717, 1.165) is 5.56 Å². The van der Waals surface area contributed by atoms with E-state index in [9.17, 15) is 9.59 Å². The van der Waals surface area contributed by atoms with Gasteiger partial charge in [-0.1, -0.05) is 13.0 Å². The van der Waals surface area contributed by atoms with E-state index in [0.29, 0.717) is 17.7 Å². The summed E-state index contributed by atoms with van der Waals surface area (Å²) < 4.78 is 0. The van der Waals surface area contributed by atoms with Crippen molar-refractivity contribution in [2.45, 2.75) is 26.3 Å². The highest BCUT2D eigenvalue weighted by Gasteiger charge is 2.16. The van der Waals surface area contributed by atoms with E-state index in [2.05, 4.69) is 10.6 Å². The SMILES string of the molecule is CCC(Nc1cc(C(=O)NC)ccc1C)C(=O)O. The average molecular weight is 250 g/mol. The Morgan fingerprint density at radius 1 is 1.39 bits per heavy atom. The topological polar surface area (TPSA) is 78.4 Å². The van der Waals surface area contributed by atoms with Gasteiger partial charge in [-0.15, -0.1) is 0 Å². The molecule has 0 heterocycles. The number of nitrogens with one attached hydrogen (secondary N) is 2. The van der Waals surface area contributed by atoms with Gasteiger partial charge in [-0.2, -0.15) is 0 Å². The summed E-state index contributed by atoms with van der Waals surface area (Å²) in [6, 6.07) is 4.52. The first kappa shape index (κ1) is 14.0. The molecule has 1 atom stereocenters. The summed E-state index contributed by atoms with van der Waals surface area (Å²) in [5, 5.41) is 14.5.